The molecule has 208 valence electrons. The Morgan fingerprint density at radius 1 is 0.535 bits per heavy atom. The lowest BCUT2D eigenvalue weighted by atomic mass is 9.99. The van der Waals surface area contributed by atoms with E-state index < -0.39 is 11.9 Å². The molecule has 0 bridgehead atoms. The van der Waals surface area contributed by atoms with Crippen LogP contribution in [0.2, 0.25) is 0 Å². The quantitative estimate of drug-likeness (QED) is 0.206. The zero-order valence-corrected chi connectivity index (χ0v) is 22.7. The maximum Gasteiger partial charge on any atom is 0.335 e. The minimum atomic E-state index is -0.955. The van der Waals surface area contributed by atoms with Crippen molar-refractivity contribution >= 4 is 34.1 Å². The van der Waals surface area contributed by atoms with Crippen LogP contribution in [0.1, 0.15) is 26.3 Å². The van der Waals surface area contributed by atoms with Crippen LogP contribution >= 0.6 is 0 Å². The second-order valence-corrected chi connectivity index (χ2v) is 10.2. The first kappa shape index (κ1) is 25.9. The Hall–Kier alpha value is -6.02. The van der Waals surface area contributed by atoms with Gasteiger partial charge in [-0.15, -0.1) is 0 Å². The molecule has 2 heterocycles. The lowest BCUT2D eigenvalue weighted by molar-refractivity contribution is 0.0685. The van der Waals surface area contributed by atoms with Gasteiger partial charge in [-0.25, -0.2) is 19.6 Å². The van der Waals surface area contributed by atoms with E-state index in [1.165, 1.54) is 0 Å². The highest BCUT2D eigenvalue weighted by molar-refractivity contribution is 5.92. The number of nitrogens with zero attached hydrogens (tertiary/aromatic N) is 2. The van der Waals surface area contributed by atoms with Gasteiger partial charge >= 0.3 is 11.9 Å². The summed E-state index contributed by atoms with van der Waals surface area (Å²) in [4.78, 5) is 31.8. The summed E-state index contributed by atoms with van der Waals surface area (Å²) in [6.45, 7) is 1.79. The van der Waals surface area contributed by atoms with Gasteiger partial charge in [0.1, 0.15) is 11.0 Å². The van der Waals surface area contributed by atoms with Crippen LogP contribution in [0.15, 0.2) is 112 Å². The molecule has 0 unspecified atom stereocenters. The lowest BCUT2D eigenvalue weighted by Crippen LogP contribution is -1.99. The Morgan fingerprint density at radius 2 is 0.953 bits per heavy atom. The molecule has 5 aromatic carbocycles. The summed E-state index contributed by atoms with van der Waals surface area (Å²) in [7, 11) is 0. The average Bonchev–Trinajstić information content (AvgIpc) is 3.63. The van der Waals surface area contributed by atoms with Gasteiger partial charge in [-0.05, 0) is 77.2 Å². The van der Waals surface area contributed by atoms with Crippen molar-refractivity contribution in [1.82, 2.24) is 9.97 Å². The number of aryl methyl sites for hydroxylation is 1. The molecule has 2 N–H and O–H groups in total. The van der Waals surface area contributed by atoms with Crippen molar-refractivity contribution in [2.45, 2.75) is 6.92 Å². The summed E-state index contributed by atoms with van der Waals surface area (Å²) in [5, 5.41) is 18.4. The van der Waals surface area contributed by atoms with Gasteiger partial charge in [-0.1, -0.05) is 48.5 Å². The van der Waals surface area contributed by atoms with E-state index in [4.69, 9.17) is 13.9 Å². The van der Waals surface area contributed by atoms with E-state index in [1.807, 2.05) is 66.7 Å². The number of carboxylic acids is 2. The Labute approximate surface area is 244 Å². The lowest BCUT2D eigenvalue weighted by Gasteiger charge is -2.06. The number of carboxylic acid groups (broad SMARTS) is 2. The number of oxazole rings is 2. The second kappa shape index (κ2) is 10.1. The fourth-order valence-electron chi connectivity index (χ4n) is 5.10. The summed E-state index contributed by atoms with van der Waals surface area (Å²) in [5.74, 6) is -0.952. The molecule has 7 aromatic rings. The van der Waals surface area contributed by atoms with E-state index in [-0.39, 0.29) is 5.56 Å². The van der Waals surface area contributed by atoms with E-state index >= 15 is 0 Å². The smallest absolute Gasteiger partial charge is 0.335 e. The topological polar surface area (TPSA) is 127 Å². The van der Waals surface area contributed by atoms with Crippen molar-refractivity contribution in [2.24, 2.45) is 0 Å². The fraction of sp³-hybridized carbons (Fsp3) is 0.0286. The van der Waals surface area contributed by atoms with E-state index in [0.29, 0.717) is 45.1 Å². The van der Waals surface area contributed by atoms with Crippen molar-refractivity contribution in [3.63, 3.8) is 0 Å². The van der Waals surface area contributed by atoms with Gasteiger partial charge in [0.25, 0.3) is 0 Å². The first-order chi connectivity index (χ1) is 20.8. The molecule has 0 aliphatic carbocycles. The van der Waals surface area contributed by atoms with Gasteiger partial charge in [0.15, 0.2) is 11.2 Å². The molecule has 43 heavy (non-hydrogen) atoms. The standard InChI is InChI=1S/C35H22N2O6/c1-19-16-26(14-15-27(19)35(40)41)22-4-10-24(11-5-22)33-37-29-18-30-28(17-31(29)43-33)36-32(42-30)23-8-2-20(3-9-23)21-6-12-25(13-7-21)34(38)39/h2-18H,1H3,(H,38,39)(H,40,41). The van der Waals surface area contributed by atoms with Gasteiger partial charge in [-0.2, -0.15) is 0 Å². The van der Waals surface area contributed by atoms with Crippen LogP contribution in [0.4, 0.5) is 0 Å². The van der Waals surface area contributed by atoms with Gasteiger partial charge in [-0.3, -0.25) is 0 Å². The highest BCUT2D eigenvalue weighted by atomic mass is 16.4. The largest absolute Gasteiger partial charge is 0.478 e. The Balaban J connectivity index is 1.13. The second-order valence-electron chi connectivity index (χ2n) is 10.2. The molecule has 0 saturated carbocycles. The number of hydrogen-bond donors (Lipinski definition) is 2. The van der Waals surface area contributed by atoms with Crippen molar-refractivity contribution < 1.29 is 28.6 Å². The summed E-state index contributed by atoms with van der Waals surface area (Å²) in [6, 6.07) is 31.1. The molecule has 0 atom stereocenters. The molecule has 0 aliphatic rings. The number of rotatable bonds is 6. The molecule has 0 radical (unpaired) electrons. The first-order valence-electron chi connectivity index (χ1n) is 13.4. The molecule has 8 heteroatoms. The number of benzene rings is 5. The molecule has 0 amide bonds. The third-order valence-electron chi connectivity index (χ3n) is 7.42. The number of carbonyl (C=O) groups is 2. The predicted octanol–water partition coefficient (Wildman–Crippen LogP) is 8.34. The third kappa shape index (κ3) is 4.81. The normalized spacial score (nSPS) is 11.3. The number of aromatic nitrogens is 2. The van der Waals surface area contributed by atoms with Gasteiger partial charge in [0.2, 0.25) is 11.8 Å². The highest BCUT2D eigenvalue weighted by Crippen LogP contribution is 2.33. The van der Waals surface area contributed by atoms with Crippen molar-refractivity contribution in [3.05, 3.63) is 120 Å². The minimum Gasteiger partial charge on any atom is -0.478 e. The summed E-state index contributed by atoms with van der Waals surface area (Å²) in [6.07, 6.45) is 0. The molecule has 0 saturated heterocycles. The van der Waals surface area contributed by atoms with E-state index in [1.54, 1.807) is 43.3 Å². The number of aromatic carboxylic acids is 2. The fourth-order valence-corrected chi connectivity index (χ4v) is 5.10. The predicted molar refractivity (Wildman–Crippen MR) is 162 cm³/mol. The molecule has 0 aliphatic heterocycles. The summed E-state index contributed by atoms with van der Waals surface area (Å²) >= 11 is 0. The molecule has 7 rings (SSSR count). The maximum atomic E-state index is 11.3. The minimum absolute atomic E-state index is 0.245. The molecule has 2 aromatic heterocycles. The Kier molecular flexibility index (Phi) is 6.09. The Bertz CT molecular complexity index is 2120. The van der Waals surface area contributed by atoms with Crippen LogP contribution in [0.3, 0.4) is 0 Å². The van der Waals surface area contributed by atoms with Crippen LogP contribution in [-0.2, 0) is 0 Å². The first-order valence-corrected chi connectivity index (χ1v) is 13.4. The van der Waals surface area contributed by atoms with Crippen LogP contribution in [0, 0.1) is 6.92 Å². The monoisotopic (exact) mass is 566 g/mol. The van der Waals surface area contributed by atoms with Crippen molar-refractivity contribution in [2.75, 3.05) is 0 Å². The van der Waals surface area contributed by atoms with Gasteiger partial charge < -0.3 is 19.0 Å². The molecular formula is C35H22N2O6. The van der Waals surface area contributed by atoms with E-state index in [9.17, 15) is 14.7 Å². The maximum absolute atomic E-state index is 11.3. The molecular weight excluding hydrogens is 544 g/mol. The van der Waals surface area contributed by atoms with Gasteiger partial charge in [0.05, 0.1) is 11.1 Å². The van der Waals surface area contributed by atoms with Crippen LogP contribution in [-0.4, -0.2) is 32.1 Å². The van der Waals surface area contributed by atoms with Crippen LogP contribution in [0.5, 0.6) is 0 Å². The SMILES string of the molecule is Cc1cc(-c2ccc(-c3nc4cc5oc(-c6ccc(-c7ccc(C(=O)O)cc7)cc6)nc5cc4o3)cc2)ccc1C(=O)O. The third-order valence-corrected chi connectivity index (χ3v) is 7.42. The zero-order chi connectivity index (χ0) is 29.7. The van der Waals surface area contributed by atoms with Crippen LogP contribution < -0.4 is 0 Å². The van der Waals surface area contributed by atoms with E-state index in [2.05, 4.69) is 9.97 Å². The zero-order valence-electron chi connectivity index (χ0n) is 22.7. The number of hydrogen-bond acceptors (Lipinski definition) is 6. The van der Waals surface area contributed by atoms with Crippen LogP contribution in [0.25, 0.3) is 67.4 Å². The summed E-state index contributed by atoms with van der Waals surface area (Å²) in [5.41, 5.74) is 9.07. The van der Waals surface area contributed by atoms with Crippen molar-refractivity contribution in [1.29, 1.82) is 0 Å². The van der Waals surface area contributed by atoms with Crippen molar-refractivity contribution in [3.8, 4) is 45.2 Å². The number of fused-ring (bicyclic) bond motifs is 2. The average molecular weight is 567 g/mol. The Morgan fingerprint density at radius 3 is 1.40 bits per heavy atom. The molecule has 0 spiro atoms. The van der Waals surface area contributed by atoms with Gasteiger partial charge in [0, 0.05) is 23.3 Å². The summed E-state index contributed by atoms with van der Waals surface area (Å²) < 4.78 is 12.1. The highest BCUT2D eigenvalue weighted by Gasteiger charge is 2.15. The van der Waals surface area contributed by atoms with E-state index in [0.717, 1.165) is 33.4 Å². The molecule has 0 fully saturated rings. The molecule has 8 nitrogen and oxygen atoms in total.